The Hall–Kier alpha value is -0.540. The van der Waals surface area contributed by atoms with Gasteiger partial charge in [0.05, 0.1) is 4.88 Å². The summed E-state index contributed by atoms with van der Waals surface area (Å²) < 4.78 is 0. The highest BCUT2D eigenvalue weighted by molar-refractivity contribution is 7.12. The maximum Gasteiger partial charge on any atom is 0.264 e. The number of halogens is 1. The highest BCUT2D eigenvalue weighted by Crippen LogP contribution is 2.30. The zero-order valence-electron chi connectivity index (χ0n) is 9.41. The lowest BCUT2D eigenvalue weighted by molar-refractivity contribution is 0.0757. The third kappa shape index (κ3) is 2.41. The lowest BCUT2D eigenvalue weighted by Gasteiger charge is -2.21. The molecule has 1 saturated carbocycles. The van der Waals surface area contributed by atoms with Crippen molar-refractivity contribution in [2.45, 2.75) is 32.2 Å². The average molecular weight is 258 g/mol. The van der Waals surface area contributed by atoms with Crippen LogP contribution in [-0.4, -0.2) is 29.3 Å². The summed E-state index contributed by atoms with van der Waals surface area (Å²) in [4.78, 5) is 15.2. The van der Waals surface area contributed by atoms with E-state index < -0.39 is 0 Å². The van der Waals surface area contributed by atoms with Gasteiger partial charge < -0.3 is 4.90 Å². The highest BCUT2D eigenvalue weighted by atomic mass is 35.5. The molecule has 1 fully saturated rings. The summed E-state index contributed by atoms with van der Waals surface area (Å²) in [5.74, 6) is 0.699. The highest BCUT2D eigenvalue weighted by Gasteiger charge is 2.33. The molecule has 0 bridgehead atoms. The Bertz CT molecular complexity index is 373. The third-order valence-electron chi connectivity index (χ3n) is 2.90. The first kappa shape index (κ1) is 11.9. The van der Waals surface area contributed by atoms with Crippen molar-refractivity contribution in [2.75, 3.05) is 12.4 Å². The fourth-order valence-corrected chi connectivity index (χ4v) is 2.99. The van der Waals surface area contributed by atoms with E-state index in [0.717, 1.165) is 29.7 Å². The van der Waals surface area contributed by atoms with Crippen LogP contribution < -0.4 is 0 Å². The molecule has 0 saturated heterocycles. The molecule has 0 spiro atoms. The molecule has 0 radical (unpaired) electrons. The predicted molar refractivity (Wildman–Crippen MR) is 68.5 cm³/mol. The van der Waals surface area contributed by atoms with E-state index in [2.05, 4.69) is 6.92 Å². The molecule has 0 unspecified atom stereocenters. The number of rotatable bonds is 5. The first-order chi connectivity index (χ1) is 7.77. The molecular formula is C12H16ClNOS. The zero-order chi connectivity index (χ0) is 11.5. The van der Waals surface area contributed by atoms with E-state index in [9.17, 15) is 4.79 Å². The van der Waals surface area contributed by atoms with Crippen molar-refractivity contribution in [3.05, 3.63) is 21.9 Å². The smallest absolute Gasteiger partial charge is 0.264 e. The van der Waals surface area contributed by atoms with Crippen molar-refractivity contribution in [3.8, 4) is 0 Å². The van der Waals surface area contributed by atoms with Crippen LogP contribution in [0.1, 0.15) is 35.0 Å². The Morgan fingerprint density at radius 3 is 2.94 bits per heavy atom. The molecule has 1 amide bonds. The number of carbonyl (C=O) groups is 1. The molecule has 1 aliphatic rings. The molecule has 0 N–H and O–H groups in total. The Kier molecular flexibility index (Phi) is 3.87. The lowest BCUT2D eigenvalue weighted by atomic mass is 10.2. The van der Waals surface area contributed by atoms with Gasteiger partial charge >= 0.3 is 0 Å². The third-order valence-corrected chi connectivity index (χ3v) is 4.01. The molecule has 1 heterocycles. The van der Waals surface area contributed by atoms with Crippen LogP contribution in [0.4, 0.5) is 0 Å². The largest absolute Gasteiger partial charge is 0.334 e. The molecule has 1 aromatic heterocycles. The maximum absolute atomic E-state index is 12.3. The first-order valence-corrected chi connectivity index (χ1v) is 7.12. The van der Waals surface area contributed by atoms with E-state index in [4.69, 9.17) is 11.6 Å². The van der Waals surface area contributed by atoms with E-state index in [0.29, 0.717) is 18.5 Å². The van der Waals surface area contributed by atoms with Crippen LogP contribution in [-0.2, 0) is 6.42 Å². The number of hydrogen-bond donors (Lipinski definition) is 0. The monoisotopic (exact) mass is 257 g/mol. The van der Waals surface area contributed by atoms with Crippen LogP contribution in [0.3, 0.4) is 0 Å². The average Bonchev–Trinajstić information content (AvgIpc) is 3.01. The fourth-order valence-electron chi connectivity index (χ4n) is 1.86. The number of nitrogens with zero attached hydrogens (tertiary/aromatic N) is 1. The predicted octanol–water partition coefficient (Wildman–Crippen LogP) is 3.15. The molecule has 0 aromatic carbocycles. The van der Waals surface area contributed by atoms with Crippen LogP contribution in [0, 0.1) is 0 Å². The summed E-state index contributed by atoms with van der Waals surface area (Å²) in [5.41, 5.74) is 1.16. The van der Waals surface area contributed by atoms with Crippen molar-refractivity contribution in [1.29, 1.82) is 0 Å². The van der Waals surface area contributed by atoms with E-state index in [1.165, 1.54) is 0 Å². The second-order valence-corrected chi connectivity index (χ2v) is 5.34. The topological polar surface area (TPSA) is 20.3 Å². The summed E-state index contributed by atoms with van der Waals surface area (Å²) in [6, 6.07) is 2.49. The second-order valence-electron chi connectivity index (χ2n) is 4.05. The van der Waals surface area contributed by atoms with Gasteiger partial charge in [-0.05, 0) is 36.3 Å². The Morgan fingerprint density at radius 2 is 2.38 bits per heavy atom. The van der Waals surface area contributed by atoms with Crippen LogP contribution in [0.2, 0.25) is 0 Å². The maximum atomic E-state index is 12.3. The number of hydrogen-bond acceptors (Lipinski definition) is 2. The Balaban J connectivity index is 2.15. The summed E-state index contributed by atoms with van der Waals surface area (Å²) in [5, 5.41) is 2.00. The lowest BCUT2D eigenvalue weighted by Crippen LogP contribution is -2.34. The van der Waals surface area contributed by atoms with Gasteiger partial charge in [-0.1, -0.05) is 6.92 Å². The van der Waals surface area contributed by atoms with Crippen molar-refractivity contribution < 1.29 is 4.79 Å². The molecule has 1 aliphatic carbocycles. The number of aryl methyl sites for hydroxylation is 1. The van der Waals surface area contributed by atoms with Crippen LogP contribution in [0.15, 0.2) is 11.4 Å². The SMILES string of the molecule is CCc1ccsc1C(=O)N(CCCl)C1CC1. The standard InChI is InChI=1S/C12H16ClNOS/c1-2-9-5-8-16-11(9)12(15)14(7-6-13)10-3-4-10/h5,8,10H,2-4,6-7H2,1H3. The first-order valence-electron chi connectivity index (χ1n) is 5.71. The van der Waals surface area contributed by atoms with Crippen molar-refractivity contribution >= 4 is 28.8 Å². The minimum atomic E-state index is 0.176. The molecule has 2 rings (SSSR count). The van der Waals surface area contributed by atoms with Crippen molar-refractivity contribution in [1.82, 2.24) is 4.90 Å². The van der Waals surface area contributed by atoms with Gasteiger partial charge in [-0.2, -0.15) is 0 Å². The quantitative estimate of drug-likeness (QED) is 0.742. The molecular weight excluding hydrogens is 242 g/mol. The minimum absolute atomic E-state index is 0.176. The number of thiophene rings is 1. The van der Waals surface area contributed by atoms with Gasteiger partial charge in [0.25, 0.3) is 5.91 Å². The van der Waals surface area contributed by atoms with E-state index >= 15 is 0 Å². The molecule has 0 aliphatic heterocycles. The van der Waals surface area contributed by atoms with E-state index in [1.54, 1.807) is 11.3 Å². The molecule has 88 valence electrons. The normalized spacial score (nSPS) is 15.1. The minimum Gasteiger partial charge on any atom is -0.334 e. The van der Waals surface area contributed by atoms with Crippen LogP contribution >= 0.6 is 22.9 Å². The number of alkyl halides is 1. The molecule has 4 heteroatoms. The van der Waals surface area contributed by atoms with Crippen molar-refractivity contribution in [2.24, 2.45) is 0 Å². The summed E-state index contributed by atoms with van der Waals surface area (Å²) in [7, 11) is 0. The van der Waals surface area contributed by atoms with E-state index in [1.807, 2.05) is 16.3 Å². The summed E-state index contributed by atoms with van der Waals surface area (Å²) in [6.07, 6.45) is 3.19. The number of carbonyl (C=O) groups excluding carboxylic acids is 1. The van der Waals surface area contributed by atoms with Gasteiger partial charge in [-0.15, -0.1) is 22.9 Å². The van der Waals surface area contributed by atoms with Crippen LogP contribution in [0.25, 0.3) is 0 Å². The van der Waals surface area contributed by atoms with E-state index in [-0.39, 0.29) is 5.91 Å². The van der Waals surface area contributed by atoms with Gasteiger partial charge in [-0.25, -0.2) is 0 Å². The van der Waals surface area contributed by atoms with Gasteiger partial charge in [0.2, 0.25) is 0 Å². The second kappa shape index (κ2) is 5.19. The van der Waals surface area contributed by atoms with Crippen LogP contribution in [0.5, 0.6) is 0 Å². The summed E-state index contributed by atoms with van der Waals surface area (Å²) in [6.45, 7) is 2.76. The van der Waals surface area contributed by atoms with Gasteiger partial charge in [0, 0.05) is 18.5 Å². The Morgan fingerprint density at radius 1 is 1.62 bits per heavy atom. The Labute approximate surface area is 105 Å². The zero-order valence-corrected chi connectivity index (χ0v) is 11.0. The van der Waals surface area contributed by atoms with Gasteiger partial charge in [0.1, 0.15) is 0 Å². The molecule has 2 nitrogen and oxygen atoms in total. The van der Waals surface area contributed by atoms with Crippen molar-refractivity contribution in [3.63, 3.8) is 0 Å². The van der Waals surface area contributed by atoms with Gasteiger partial charge in [-0.3, -0.25) is 4.79 Å². The van der Waals surface area contributed by atoms with Gasteiger partial charge in [0.15, 0.2) is 0 Å². The molecule has 16 heavy (non-hydrogen) atoms. The molecule has 0 atom stereocenters. The summed E-state index contributed by atoms with van der Waals surface area (Å²) >= 11 is 7.30. The fraction of sp³-hybridized carbons (Fsp3) is 0.583. The number of amides is 1. The molecule has 1 aromatic rings.